The van der Waals surface area contributed by atoms with Gasteiger partial charge in [-0.3, -0.25) is 0 Å². The molecule has 0 atom stereocenters. The Labute approximate surface area is 187 Å². The van der Waals surface area contributed by atoms with Gasteiger partial charge in [0.1, 0.15) is 23.3 Å². The van der Waals surface area contributed by atoms with Crippen LogP contribution in [0.3, 0.4) is 0 Å². The Morgan fingerprint density at radius 1 is 0.844 bits per heavy atom. The Morgan fingerprint density at radius 2 is 1.62 bits per heavy atom. The van der Waals surface area contributed by atoms with Crippen molar-refractivity contribution in [3.63, 3.8) is 0 Å². The Bertz CT molecular complexity index is 1270. The van der Waals surface area contributed by atoms with Crippen molar-refractivity contribution >= 4 is 28.4 Å². The molecule has 1 fully saturated rings. The molecule has 1 saturated heterocycles. The molecule has 4 aromatic rings. The SMILES string of the molecule is Cc1cc(Nc2cc(N3CCN(C)CC3)nc(C)n2)n(-c2cc(C)c3ccccc3n2)n1. The first-order chi connectivity index (χ1) is 15.5. The second kappa shape index (κ2) is 8.20. The minimum atomic E-state index is 0.742. The number of rotatable bonds is 4. The highest BCUT2D eigenvalue weighted by molar-refractivity contribution is 5.83. The summed E-state index contributed by atoms with van der Waals surface area (Å²) in [5, 5.41) is 9.31. The number of anilines is 3. The fraction of sp³-hybridized carbons (Fsp3) is 0.333. The van der Waals surface area contributed by atoms with Gasteiger partial charge in [0, 0.05) is 43.7 Å². The van der Waals surface area contributed by atoms with Gasteiger partial charge in [0.2, 0.25) is 0 Å². The number of nitrogens with zero attached hydrogens (tertiary/aromatic N) is 7. The highest BCUT2D eigenvalue weighted by Crippen LogP contribution is 2.25. The molecule has 164 valence electrons. The zero-order chi connectivity index (χ0) is 22.2. The van der Waals surface area contributed by atoms with Gasteiger partial charge in [-0.05, 0) is 45.5 Å². The van der Waals surface area contributed by atoms with Gasteiger partial charge in [-0.2, -0.15) is 9.78 Å². The number of likely N-dealkylation sites (N-methyl/N-ethyl adjacent to an activating group) is 1. The van der Waals surface area contributed by atoms with E-state index in [1.807, 2.05) is 48.9 Å². The van der Waals surface area contributed by atoms with E-state index in [1.165, 1.54) is 5.56 Å². The molecule has 0 saturated carbocycles. The normalized spacial score (nSPS) is 14.8. The maximum absolute atomic E-state index is 4.85. The summed E-state index contributed by atoms with van der Waals surface area (Å²) >= 11 is 0. The number of aromatic nitrogens is 5. The van der Waals surface area contributed by atoms with Crippen molar-refractivity contribution in [2.24, 2.45) is 0 Å². The molecule has 32 heavy (non-hydrogen) atoms. The van der Waals surface area contributed by atoms with Crippen molar-refractivity contribution in [1.29, 1.82) is 0 Å². The largest absolute Gasteiger partial charge is 0.354 e. The molecular formula is C24H28N8. The van der Waals surface area contributed by atoms with Crippen LogP contribution in [0.2, 0.25) is 0 Å². The molecule has 0 radical (unpaired) electrons. The molecule has 1 N–H and O–H groups in total. The summed E-state index contributed by atoms with van der Waals surface area (Å²) in [6.45, 7) is 10.0. The molecule has 0 bridgehead atoms. The molecule has 0 spiro atoms. The van der Waals surface area contributed by atoms with Crippen molar-refractivity contribution < 1.29 is 0 Å². The first-order valence-electron chi connectivity index (χ1n) is 11.0. The van der Waals surface area contributed by atoms with Crippen molar-refractivity contribution in [2.45, 2.75) is 20.8 Å². The van der Waals surface area contributed by atoms with Crippen LogP contribution in [0.15, 0.2) is 42.5 Å². The molecule has 1 aromatic carbocycles. The average Bonchev–Trinajstić information content (AvgIpc) is 3.13. The van der Waals surface area contributed by atoms with Crippen molar-refractivity contribution in [2.75, 3.05) is 43.4 Å². The second-order valence-electron chi connectivity index (χ2n) is 8.47. The van der Waals surface area contributed by atoms with E-state index in [0.717, 1.165) is 71.9 Å². The highest BCUT2D eigenvalue weighted by Gasteiger charge is 2.18. The number of pyridine rings is 1. The van der Waals surface area contributed by atoms with Gasteiger partial charge in [0.15, 0.2) is 5.82 Å². The van der Waals surface area contributed by atoms with Crippen LogP contribution in [0.25, 0.3) is 16.7 Å². The summed E-state index contributed by atoms with van der Waals surface area (Å²) in [4.78, 5) is 18.8. The topological polar surface area (TPSA) is 75.0 Å². The average molecular weight is 429 g/mol. The van der Waals surface area contributed by atoms with E-state index in [4.69, 9.17) is 10.1 Å². The fourth-order valence-electron chi connectivity index (χ4n) is 4.15. The predicted molar refractivity (Wildman–Crippen MR) is 128 cm³/mol. The van der Waals surface area contributed by atoms with Gasteiger partial charge in [0.25, 0.3) is 0 Å². The lowest BCUT2D eigenvalue weighted by atomic mass is 10.1. The Kier molecular flexibility index (Phi) is 5.22. The molecule has 4 heterocycles. The maximum Gasteiger partial charge on any atom is 0.156 e. The van der Waals surface area contributed by atoms with E-state index in [2.05, 4.69) is 51.2 Å². The second-order valence-corrected chi connectivity index (χ2v) is 8.47. The van der Waals surface area contributed by atoms with Crippen LogP contribution < -0.4 is 10.2 Å². The molecule has 0 amide bonds. The summed E-state index contributed by atoms with van der Waals surface area (Å²) in [7, 11) is 2.15. The Hall–Kier alpha value is -3.52. The summed E-state index contributed by atoms with van der Waals surface area (Å²) in [6, 6.07) is 14.3. The van der Waals surface area contributed by atoms with Gasteiger partial charge >= 0.3 is 0 Å². The van der Waals surface area contributed by atoms with Gasteiger partial charge < -0.3 is 15.1 Å². The summed E-state index contributed by atoms with van der Waals surface area (Å²) in [5.74, 6) is 4.06. The van der Waals surface area contributed by atoms with Crippen LogP contribution in [0.5, 0.6) is 0 Å². The van der Waals surface area contributed by atoms with Gasteiger partial charge in [-0.15, -0.1) is 0 Å². The lowest BCUT2D eigenvalue weighted by Crippen LogP contribution is -2.44. The van der Waals surface area contributed by atoms with Crippen LogP contribution in [0, 0.1) is 20.8 Å². The van der Waals surface area contributed by atoms with Crippen LogP contribution in [-0.4, -0.2) is 62.9 Å². The summed E-state index contributed by atoms with van der Waals surface area (Å²) < 4.78 is 1.85. The zero-order valence-corrected chi connectivity index (χ0v) is 19.0. The van der Waals surface area contributed by atoms with Crippen LogP contribution in [0.4, 0.5) is 17.5 Å². The van der Waals surface area contributed by atoms with Gasteiger partial charge in [0.05, 0.1) is 11.2 Å². The maximum atomic E-state index is 4.85. The lowest BCUT2D eigenvalue weighted by Gasteiger charge is -2.33. The number of fused-ring (bicyclic) bond motifs is 1. The van der Waals surface area contributed by atoms with Crippen molar-refractivity contribution in [3.8, 4) is 5.82 Å². The molecule has 8 heteroatoms. The molecule has 0 unspecified atom stereocenters. The Morgan fingerprint density at radius 3 is 2.44 bits per heavy atom. The van der Waals surface area contributed by atoms with Crippen molar-refractivity contribution in [3.05, 3.63) is 59.5 Å². The first kappa shape index (κ1) is 20.4. The van der Waals surface area contributed by atoms with E-state index >= 15 is 0 Å². The smallest absolute Gasteiger partial charge is 0.156 e. The van der Waals surface area contributed by atoms with E-state index in [-0.39, 0.29) is 0 Å². The fourth-order valence-corrected chi connectivity index (χ4v) is 4.15. The number of nitrogens with one attached hydrogen (secondary N) is 1. The van der Waals surface area contributed by atoms with Crippen molar-refractivity contribution in [1.82, 2.24) is 29.6 Å². The standard InChI is InChI=1S/C24H28N8/c1-16-13-23(27-20-8-6-5-7-19(16)20)32-24(14-17(2)29-32)28-21-15-22(26-18(3)25-21)31-11-9-30(4)10-12-31/h5-8,13-15H,9-12H2,1-4H3,(H,25,26,28). The van der Waals surface area contributed by atoms with E-state index in [1.54, 1.807) is 0 Å². The first-order valence-corrected chi connectivity index (χ1v) is 11.0. The molecular weight excluding hydrogens is 400 g/mol. The van der Waals surface area contributed by atoms with E-state index in [9.17, 15) is 0 Å². The number of piperazine rings is 1. The van der Waals surface area contributed by atoms with Crippen LogP contribution in [0.1, 0.15) is 17.1 Å². The van der Waals surface area contributed by atoms with Crippen LogP contribution in [-0.2, 0) is 0 Å². The minimum Gasteiger partial charge on any atom is -0.354 e. The zero-order valence-electron chi connectivity index (χ0n) is 19.0. The van der Waals surface area contributed by atoms with Crippen LogP contribution >= 0.6 is 0 Å². The van der Waals surface area contributed by atoms with Gasteiger partial charge in [-0.1, -0.05) is 18.2 Å². The number of aryl methyl sites for hydroxylation is 3. The number of benzene rings is 1. The summed E-state index contributed by atoms with van der Waals surface area (Å²) in [6.07, 6.45) is 0. The number of hydrogen-bond donors (Lipinski definition) is 1. The molecule has 1 aliphatic rings. The third kappa shape index (κ3) is 4.01. The quantitative estimate of drug-likeness (QED) is 0.532. The van der Waals surface area contributed by atoms with Gasteiger partial charge in [-0.25, -0.2) is 15.0 Å². The Balaban J connectivity index is 1.49. The molecule has 0 aliphatic carbocycles. The lowest BCUT2D eigenvalue weighted by molar-refractivity contribution is 0.312. The molecule has 1 aliphatic heterocycles. The minimum absolute atomic E-state index is 0.742. The monoisotopic (exact) mass is 428 g/mol. The van der Waals surface area contributed by atoms with E-state index < -0.39 is 0 Å². The third-order valence-corrected chi connectivity index (χ3v) is 5.87. The predicted octanol–water partition coefficient (Wildman–Crippen LogP) is 3.63. The molecule has 8 nitrogen and oxygen atoms in total. The number of para-hydroxylation sites is 1. The molecule has 5 rings (SSSR count). The third-order valence-electron chi connectivity index (χ3n) is 5.87. The highest BCUT2D eigenvalue weighted by atomic mass is 15.4. The molecule has 3 aromatic heterocycles. The summed E-state index contributed by atoms with van der Waals surface area (Å²) in [5.41, 5.74) is 3.03. The van der Waals surface area contributed by atoms with E-state index in [0.29, 0.717) is 0 Å². The number of hydrogen-bond acceptors (Lipinski definition) is 7.